The first kappa shape index (κ1) is 16.2. The van der Waals surface area contributed by atoms with E-state index in [0.717, 1.165) is 11.1 Å². The summed E-state index contributed by atoms with van der Waals surface area (Å²) in [5, 5.41) is 3.17. The highest BCUT2D eigenvalue weighted by atomic mass is 16.5. The summed E-state index contributed by atoms with van der Waals surface area (Å²) in [6, 6.07) is 7.67. The second-order valence-electron chi connectivity index (χ2n) is 4.25. The van der Waals surface area contributed by atoms with Crippen LogP contribution in [0.4, 0.5) is 0 Å². The summed E-state index contributed by atoms with van der Waals surface area (Å²) in [6.07, 6.45) is 0.596. The molecule has 0 aliphatic carbocycles. The van der Waals surface area contributed by atoms with Crippen LogP contribution < -0.4 is 5.32 Å². The van der Waals surface area contributed by atoms with Gasteiger partial charge in [0, 0.05) is 13.1 Å². The van der Waals surface area contributed by atoms with E-state index in [1.54, 1.807) is 6.92 Å². The number of hydrogen-bond donors (Lipinski definition) is 1. The highest BCUT2D eigenvalue weighted by molar-refractivity contribution is 5.72. The number of rotatable bonds is 8. The Bertz CT molecular complexity index is 445. The molecule has 5 heteroatoms. The van der Waals surface area contributed by atoms with Gasteiger partial charge in [-0.1, -0.05) is 24.3 Å². The normalized spacial score (nSPS) is 10.1. The molecular formula is C15H21NO4. The molecule has 0 saturated carbocycles. The zero-order valence-corrected chi connectivity index (χ0v) is 12.0. The standard InChI is InChI=1S/C15H21NO4/c1-3-20-14(17)8-9-16-11-13-7-5-4-6-12(13)10-15(18)19-2/h4-7,16H,3,8-11H2,1-2H3. The van der Waals surface area contributed by atoms with Crippen molar-refractivity contribution in [1.29, 1.82) is 0 Å². The van der Waals surface area contributed by atoms with E-state index in [2.05, 4.69) is 10.1 Å². The zero-order valence-electron chi connectivity index (χ0n) is 12.0. The van der Waals surface area contributed by atoms with E-state index >= 15 is 0 Å². The van der Waals surface area contributed by atoms with Crippen molar-refractivity contribution in [3.63, 3.8) is 0 Å². The van der Waals surface area contributed by atoms with E-state index in [-0.39, 0.29) is 18.4 Å². The van der Waals surface area contributed by atoms with Crippen LogP contribution in [0.25, 0.3) is 0 Å². The number of ether oxygens (including phenoxy) is 2. The minimum Gasteiger partial charge on any atom is -0.469 e. The highest BCUT2D eigenvalue weighted by Crippen LogP contribution is 2.10. The van der Waals surface area contributed by atoms with Crippen LogP contribution in [0.3, 0.4) is 0 Å². The second kappa shape index (κ2) is 9.09. The lowest BCUT2D eigenvalue weighted by Crippen LogP contribution is -2.20. The number of methoxy groups -OCH3 is 1. The van der Waals surface area contributed by atoms with E-state index in [0.29, 0.717) is 26.1 Å². The third-order valence-corrected chi connectivity index (χ3v) is 2.81. The molecule has 0 atom stereocenters. The summed E-state index contributed by atoms with van der Waals surface area (Å²) in [4.78, 5) is 22.5. The Morgan fingerprint density at radius 2 is 1.85 bits per heavy atom. The molecule has 1 N–H and O–H groups in total. The maximum atomic E-state index is 11.3. The van der Waals surface area contributed by atoms with Crippen LogP contribution in [-0.4, -0.2) is 32.2 Å². The number of carbonyl (C=O) groups excluding carboxylic acids is 2. The molecule has 20 heavy (non-hydrogen) atoms. The Balaban J connectivity index is 2.43. The first-order chi connectivity index (χ1) is 9.67. The Kier molecular flexibility index (Phi) is 7.35. The molecule has 0 unspecified atom stereocenters. The van der Waals surface area contributed by atoms with E-state index in [9.17, 15) is 9.59 Å². The zero-order chi connectivity index (χ0) is 14.8. The average molecular weight is 279 g/mol. The predicted octanol–water partition coefficient (Wildman–Crippen LogP) is 1.44. The van der Waals surface area contributed by atoms with Gasteiger partial charge in [0.15, 0.2) is 0 Å². The third-order valence-electron chi connectivity index (χ3n) is 2.81. The molecule has 1 aromatic carbocycles. The fourth-order valence-corrected chi connectivity index (χ4v) is 1.78. The molecule has 0 bridgehead atoms. The van der Waals surface area contributed by atoms with Gasteiger partial charge in [-0.3, -0.25) is 9.59 Å². The van der Waals surface area contributed by atoms with Gasteiger partial charge in [0.05, 0.1) is 26.6 Å². The number of esters is 2. The SMILES string of the molecule is CCOC(=O)CCNCc1ccccc1CC(=O)OC. The molecule has 0 saturated heterocycles. The van der Waals surface area contributed by atoms with Gasteiger partial charge >= 0.3 is 11.9 Å². The van der Waals surface area contributed by atoms with E-state index in [1.807, 2.05) is 24.3 Å². The van der Waals surface area contributed by atoms with Crippen LogP contribution in [0.1, 0.15) is 24.5 Å². The van der Waals surface area contributed by atoms with Crippen LogP contribution in [0.5, 0.6) is 0 Å². The van der Waals surface area contributed by atoms with Gasteiger partial charge in [0.2, 0.25) is 0 Å². The minimum atomic E-state index is -0.260. The summed E-state index contributed by atoms with van der Waals surface area (Å²) < 4.78 is 9.52. The second-order valence-corrected chi connectivity index (χ2v) is 4.25. The largest absolute Gasteiger partial charge is 0.469 e. The topological polar surface area (TPSA) is 64.6 Å². The van der Waals surface area contributed by atoms with Crippen LogP contribution >= 0.6 is 0 Å². The number of carbonyl (C=O) groups is 2. The summed E-state index contributed by atoms with van der Waals surface area (Å²) in [5.74, 6) is -0.466. The van der Waals surface area contributed by atoms with E-state index in [1.165, 1.54) is 7.11 Å². The summed E-state index contributed by atoms with van der Waals surface area (Å²) in [6.45, 7) is 3.34. The maximum absolute atomic E-state index is 11.3. The quantitative estimate of drug-likeness (QED) is 0.576. The fraction of sp³-hybridized carbons (Fsp3) is 0.467. The molecular weight excluding hydrogens is 258 g/mol. The van der Waals surface area contributed by atoms with Gasteiger partial charge in [-0.15, -0.1) is 0 Å². The van der Waals surface area contributed by atoms with Crippen molar-refractivity contribution >= 4 is 11.9 Å². The molecule has 5 nitrogen and oxygen atoms in total. The van der Waals surface area contributed by atoms with Crippen molar-refractivity contribution in [1.82, 2.24) is 5.32 Å². The molecule has 0 aromatic heterocycles. The van der Waals surface area contributed by atoms with Gasteiger partial charge in [-0.25, -0.2) is 0 Å². The van der Waals surface area contributed by atoms with Crippen molar-refractivity contribution in [2.45, 2.75) is 26.3 Å². The molecule has 0 spiro atoms. The molecule has 1 rings (SSSR count). The average Bonchev–Trinajstić information content (AvgIpc) is 2.45. The van der Waals surface area contributed by atoms with Crippen molar-refractivity contribution < 1.29 is 19.1 Å². The van der Waals surface area contributed by atoms with E-state index in [4.69, 9.17) is 4.74 Å². The lowest BCUT2D eigenvalue weighted by Gasteiger charge is -2.09. The van der Waals surface area contributed by atoms with Gasteiger partial charge in [0.25, 0.3) is 0 Å². The first-order valence-corrected chi connectivity index (χ1v) is 6.67. The molecule has 0 aliphatic rings. The van der Waals surface area contributed by atoms with Crippen LogP contribution in [0.15, 0.2) is 24.3 Å². The predicted molar refractivity (Wildman–Crippen MR) is 75.1 cm³/mol. The fourth-order valence-electron chi connectivity index (χ4n) is 1.78. The summed E-state index contributed by atoms with van der Waals surface area (Å²) >= 11 is 0. The Labute approximate surface area is 119 Å². The molecule has 0 fully saturated rings. The molecule has 0 amide bonds. The first-order valence-electron chi connectivity index (χ1n) is 6.67. The van der Waals surface area contributed by atoms with Crippen LogP contribution in [0.2, 0.25) is 0 Å². The van der Waals surface area contributed by atoms with E-state index < -0.39 is 0 Å². The molecule has 110 valence electrons. The van der Waals surface area contributed by atoms with Crippen molar-refractivity contribution in [2.24, 2.45) is 0 Å². The smallest absolute Gasteiger partial charge is 0.309 e. The van der Waals surface area contributed by atoms with Crippen molar-refractivity contribution in [3.05, 3.63) is 35.4 Å². The van der Waals surface area contributed by atoms with Gasteiger partial charge in [-0.05, 0) is 18.1 Å². The number of benzene rings is 1. The molecule has 0 heterocycles. The molecule has 1 aromatic rings. The Morgan fingerprint density at radius 1 is 1.15 bits per heavy atom. The lowest BCUT2D eigenvalue weighted by molar-refractivity contribution is -0.143. The Hall–Kier alpha value is -1.88. The van der Waals surface area contributed by atoms with Gasteiger partial charge in [-0.2, -0.15) is 0 Å². The minimum absolute atomic E-state index is 0.206. The summed E-state index contributed by atoms with van der Waals surface area (Å²) in [7, 11) is 1.38. The number of hydrogen-bond acceptors (Lipinski definition) is 5. The molecule has 0 radical (unpaired) electrons. The Morgan fingerprint density at radius 3 is 2.50 bits per heavy atom. The lowest BCUT2D eigenvalue weighted by atomic mass is 10.0. The van der Waals surface area contributed by atoms with Gasteiger partial charge < -0.3 is 14.8 Å². The third kappa shape index (κ3) is 5.84. The highest BCUT2D eigenvalue weighted by Gasteiger charge is 2.07. The number of nitrogens with one attached hydrogen (secondary N) is 1. The maximum Gasteiger partial charge on any atom is 0.309 e. The van der Waals surface area contributed by atoms with Gasteiger partial charge in [0.1, 0.15) is 0 Å². The summed E-state index contributed by atoms with van der Waals surface area (Å²) in [5.41, 5.74) is 1.96. The molecule has 0 aliphatic heterocycles. The van der Waals surface area contributed by atoms with Crippen molar-refractivity contribution in [2.75, 3.05) is 20.3 Å². The van der Waals surface area contributed by atoms with Crippen LogP contribution in [0, 0.1) is 0 Å². The monoisotopic (exact) mass is 279 g/mol. The van der Waals surface area contributed by atoms with Crippen molar-refractivity contribution in [3.8, 4) is 0 Å². The van der Waals surface area contributed by atoms with Crippen LogP contribution in [-0.2, 0) is 32.0 Å².